The third kappa shape index (κ3) is 2.59. The van der Waals surface area contributed by atoms with Gasteiger partial charge in [-0.25, -0.2) is 0 Å². The van der Waals surface area contributed by atoms with Gasteiger partial charge in [-0.3, -0.25) is 0 Å². The Morgan fingerprint density at radius 2 is 2.11 bits per heavy atom. The number of hydrogen-bond donors (Lipinski definition) is 1. The lowest BCUT2D eigenvalue weighted by atomic mass is 10.2. The SMILES string of the molecule is CC(NCc1cnn(-c2ccccc2)n1)C1CC1. The van der Waals surface area contributed by atoms with E-state index < -0.39 is 0 Å². The molecule has 0 radical (unpaired) electrons. The molecule has 0 aliphatic heterocycles. The molecule has 1 aliphatic carbocycles. The number of hydrogen-bond acceptors (Lipinski definition) is 3. The summed E-state index contributed by atoms with van der Waals surface area (Å²) < 4.78 is 0. The predicted molar refractivity (Wildman–Crippen MR) is 70.4 cm³/mol. The minimum atomic E-state index is 0.590. The molecule has 1 saturated carbocycles. The minimum Gasteiger partial charge on any atom is -0.308 e. The number of benzene rings is 1. The van der Waals surface area contributed by atoms with Crippen LogP contribution in [0.5, 0.6) is 0 Å². The number of rotatable bonds is 5. The fourth-order valence-corrected chi connectivity index (χ4v) is 2.09. The van der Waals surface area contributed by atoms with E-state index in [1.54, 1.807) is 4.80 Å². The second-order valence-electron chi connectivity index (χ2n) is 4.97. The summed E-state index contributed by atoms with van der Waals surface area (Å²) in [5.74, 6) is 0.870. The number of nitrogens with zero attached hydrogens (tertiary/aromatic N) is 3. The maximum atomic E-state index is 4.48. The van der Waals surface area contributed by atoms with Crippen molar-refractivity contribution in [3.8, 4) is 5.69 Å². The fraction of sp³-hybridized carbons (Fsp3) is 0.429. The van der Waals surface area contributed by atoms with Crippen molar-refractivity contribution >= 4 is 0 Å². The van der Waals surface area contributed by atoms with Crippen LogP contribution in [0.25, 0.3) is 5.69 Å². The van der Waals surface area contributed by atoms with E-state index >= 15 is 0 Å². The Kier molecular flexibility index (Phi) is 3.11. The zero-order valence-corrected chi connectivity index (χ0v) is 10.6. The van der Waals surface area contributed by atoms with Crippen molar-refractivity contribution in [1.82, 2.24) is 20.3 Å². The van der Waals surface area contributed by atoms with Crippen LogP contribution in [0.3, 0.4) is 0 Å². The van der Waals surface area contributed by atoms with Crippen molar-refractivity contribution < 1.29 is 0 Å². The second kappa shape index (κ2) is 4.90. The van der Waals surface area contributed by atoms with Gasteiger partial charge in [-0.15, -0.1) is 0 Å². The monoisotopic (exact) mass is 242 g/mol. The summed E-state index contributed by atoms with van der Waals surface area (Å²) in [6.45, 7) is 3.05. The first-order valence-corrected chi connectivity index (χ1v) is 6.53. The van der Waals surface area contributed by atoms with Crippen LogP contribution in [0.15, 0.2) is 36.5 Å². The van der Waals surface area contributed by atoms with Crippen molar-refractivity contribution in [2.24, 2.45) is 5.92 Å². The Morgan fingerprint density at radius 3 is 2.83 bits per heavy atom. The molecule has 1 aliphatic rings. The number of nitrogens with one attached hydrogen (secondary N) is 1. The van der Waals surface area contributed by atoms with Gasteiger partial charge in [-0.2, -0.15) is 15.0 Å². The van der Waals surface area contributed by atoms with Gasteiger partial charge in [-0.05, 0) is 37.8 Å². The average Bonchev–Trinajstić information content (AvgIpc) is 3.16. The summed E-state index contributed by atoms with van der Waals surface area (Å²) in [6, 6.07) is 10.6. The molecule has 1 aromatic carbocycles. The number of aromatic nitrogens is 3. The maximum absolute atomic E-state index is 4.48. The van der Waals surface area contributed by atoms with E-state index in [0.717, 1.165) is 23.8 Å². The average molecular weight is 242 g/mol. The molecule has 1 N–H and O–H groups in total. The zero-order valence-electron chi connectivity index (χ0n) is 10.6. The molecule has 1 atom stereocenters. The predicted octanol–water partition coefficient (Wildman–Crippen LogP) is 2.16. The first-order valence-electron chi connectivity index (χ1n) is 6.53. The maximum Gasteiger partial charge on any atom is 0.0969 e. The second-order valence-corrected chi connectivity index (χ2v) is 4.97. The molecule has 0 spiro atoms. The third-order valence-corrected chi connectivity index (χ3v) is 3.46. The molecule has 0 bridgehead atoms. The number of para-hydroxylation sites is 1. The molecule has 2 aromatic rings. The summed E-state index contributed by atoms with van der Waals surface area (Å²) in [6.07, 6.45) is 4.56. The van der Waals surface area contributed by atoms with Gasteiger partial charge in [0.1, 0.15) is 0 Å². The molecule has 94 valence electrons. The van der Waals surface area contributed by atoms with Crippen LogP contribution >= 0.6 is 0 Å². The quantitative estimate of drug-likeness (QED) is 0.873. The van der Waals surface area contributed by atoms with Crippen molar-refractivity contribution in [3.63, 3.8) is 0 Å². The fourth-order valence-electron chi connectivity index (χ4n) is 2.09. The molecule has 4 heteroatoms. The van der Waals surface area contributed by atoms with E-state index in [0.29, 0.717) is 6.04 Å². The van der Waals surface area contributed by atoms with E-state index in [-0.39, 0.29) is 0 Å². The van der Waals surface area contributed by atoms with Gasteiger partial charge >= 0.3 is 0 Å². The van der Waals surface area contributed by atoms with Crippen LogP contribution in [0.1, 0.15) is 25.5 Å². The molecule has 1 unspecified atom stereocenters. The van der Waals surface area contributed by atoms with E-state index in [2.05, 4.69) is 22.4 Å². The molecule has 0 amide bonds. The Morgan fingerprint density at radius 1 is 1.33 bits per heavy atom. The van der Waals surface area contributed by atoms with Gasteiger partial charge in [0.2, 0.25) is 0 Å². The van der Waals surface area contributed by atoms with E-state index in [4.69, 9.17) is 0 Å². The standard InChI is InChI=1S/C14H18N4/c1-11(12-7-8-12)15-9-13-10-16-18(17-13)14-5-3-2-4-6-14/h2-6,10-12,15H,7-9H2,1H3. The third-order valence-electron chi connectivity index (χ3n) is 3.46. The highest BCUT2D eigenvalue weighted by Crippen LogP contribution is 2.32. The largest absolute Gasteiger partial charge is 0.308 e. The van der Waals surface area contributed by atoms with Gasteiger partial charge in [0.25, 0.3) is 0 Å². The molecule has 4 nitrogen and oxygen atoms in total. The summed E-state index contributed by atoms with van der Waals surface area (Å²) in [4.78, 5) is 1.68. The Balaban J connectivity index is 1.62. The molecule has 18 heavy (non-hydrogen) atoms. The zero-order chi connectivity index (χ0) is 12.4. The highest BCUT2D eigenvalue weighted by atomic mass is 15.5. The Bertz CT molecular complexity index is 502. The smallest absolute Gasteiger partial charge is 0.0969 e. The summed E-state index contributed by atoms with van der Waals surface area (Å²) in [7, 11) is 0. The van der Waals surface area contributed by atoms with Crippen molar-refractivity contribution in [2.75, 3.05) is 0 Å². The molecular formula is C14H18N4. The molecule has 1 fully saturated rings. The summed E-state index contributed by atoms with van der Waals surface area (Å²) in [5.41, 5.74) is 1.99. The van der Waals surface area contributed by atoms with Crippen LogP contribution in [0.4, 0.5) is 0 Å². The van der Waals surface area contributed by atoms with E-state index in [1.807, 2.05) is 36.5 Å². The Hall–Kier alpha value is -1.68. The van der Waals surface area contributed by atoms with E-state index in [9.17, 15) is 0 Å². The molecule has 1 heterocycles. The first-order chi connectivity index (χ1) is 8.83. The lowest BCUT2D eigenvalue weighted by molar-refractivity contribution is 0.491. The highest BCUT2D eigenvalue weighted by molar-refractivity contribution is 5.28. The van der Waals surface area contributed by atoms with Gasteiger partial charge in [0, 0.05) is 12.6 Å². The molecule has 3 rings (SSSR count). The minimum absolute atomic E-state index is 0.590. The van der Waals surface area contributed by atoms with Gasteiger partial charge in [0.15, 0.2) is 0 Å². The summed E-state index contributed by atoms with van der Waals surface area (Å²) >= 11 is 0. The highest BCUT2D eigenvalue weighted by Gasteiger charge is 2.27. The van der Waals surface area contributed by atoms with Crippen molar-refractivity contribution in [2.45, 2.75) is 32.4 Å². The van der Waals surface area contributed by atoms with Crippen LogP contribution in [-0.2, 0) is 6.54 Å². The van der Waals surface area contributed by atoms with E-state index in [1.165, 1.54) is 12.8 Å². The molecular weight excluding hydrogens is 224 g/mol. The Labute approximate surface area is 107 Å². The summed E-state index contributed by atoms with van der Waals surface area (Å²) in [5, 5.41) is 12.3. The topological polar surface area (TPSA) is 42.7 Å². The van der Waals surface area contributed by atoms with Gasteiger partial charge < -0.3 is 5.32 Å². The van der Waals surface area contributed by atoms with Crippen molar-refractivity contribution in [3.05, 3.63) is 42.2 Å². The van der Waals surface area contributed by atoms with Crippen LogP contribution in [-0.4, -0.2) is 21.0 Å². The lowest BCUT2D eigenvalue weighted by Crippen LogP contribution is -2.27. The molecule has 0 saturated heterocycles. The van der Waals surface area contributed by atoms with Crippen molar-refractivity contribution in [1.29, 1.82) is 0 Å². The van der Waals surface area contributed by atoms with Crippen LogP contribution < -0.4 is 5.32 Å². The van der Waals surface area contributed by atoms with Gasteiger partial charge in [-0.1, -0.05) is 18.2 Å². The lowest BCUT2D eigenvalue weighted by Gasteiger charge is -2.10. The first kappa shape index (κ1) is 11.4. The molecule has 1 aromatic heterocycles. The van der Waals surface area contributed by atoms with Crippen LogP contribution in [0.2, 0.25) is 0 Å². The van der Waals surface area contributed by atoms with Crippen LogP contribution in [0, 0.1) is 5.92 Å². The normalized spacial score (nSPS) is 16.7. The van der Waals surface area contributed by atoms with Gasteiger partial charge in [0.05, 0.1) is 17.6 Å².